The van der Waals surface area contributed by atoms with Crippen LogP contribution in [0.5, 0.6) is 5.88 Å². The van der Waals surface area contributed by atoms with Gasteiger partial charge in [0, 0.05) is 10.4 Å². The van der Waals surface area contributed by atoms with Gasteiger partial charge in [-0.15, -0.1) is 5.10 Å². The number of aromatic nitrogens is 3. The SMILES string of the molecule is NC(=O)C1CCN([C@H](c2cccc(Br)c2)c2sc3nc(-c4ccco4)nn3c2O)CC1. The van der Waals surface area contributed by atoms with Crippen LogP contribution < -0.4 is 5.73 Å². The van der Waals surface area contributed by atoms with E-state index in [0.29, 0.717) is 42.5 Å². The van der Waals surface area contributed by atoms with Gasteiger partial charge in [0.1, 0.15) is 0 Å². The number of nitrogens with two attached hydrogens (primary N) is 1. The first kappa shape index (κ1) is 20.2. The maximum absolute atomic E-state index is 11.6. The number of hydrogen-bond donors (Lipinski definition) is 2. The van der Waals surface area contributed by atoms with E-state index in [4.69, 9.17) is 10.2 Å². The van der Waals surface area contributed by atoms with E-state index in [1.807, 2.05) is 18.2 Å². The zero-order chi connectivity index (χ0) is 21.5. The summed E-state index contributed by atoms with van der Waals surface area (Å²) in [5.41, 5.74) is 6.56. The molecule has 4 aromatic rings. The lowest BCUT2D eigenvalue weighted by Crippen LogP contribution is -2.40. The molecule has 8 nitrogen and oxygen atoms in total. The monoisotopic (exact) mass is 501 g/mol. The van der Waals surface area contributed by atoms with Crippen LogP contribution in [0.4, 0.5) is 0 Å². The second-order valence-corrected chi connectivity index (χ2v) is 9.49. The van der Waals surface area contributed by atoms with Gasteiger partial charge < -0.3 is 15.3 Å². The van der Waals surface area contributed by atoms with Crippen molar-refractivity contribution in [3.8, 4) is 17.5 Å². The predicted molar refractivity (Wildman–Crippen MR) is 120 cm³/mol. The number of likely N-dealkylation sites (tertiary alicyclic amines) is 1. The largest absolute Gasteiger partial charge is 0.492 e. The summed E-state index contributed by atoms with van der Waals surface area (Å²) in [5, 5.41) is 15.5. The van der Waals surface area contributed by atoms with Gasteiger partial charge in [0.25, 0.3) is 0 Å². The van der Waals surface area contributed by atoms with Gasteiger partial charge in [-0.25, -0.2) is 0 Å². The Balaban J connectivity index is 1.55. The van der Waals surface area contributed by atoms with Gasteiger partial charge in [0.2, 0.25) is 22.6 Å². The molecule has 0 radical (unpaired) electrons. The third-order valence-electron chi connectivity index (χ3n) is 5.65. The first-order chi connectivity index (χ1) is 15.0. The number of carbonyl (C=O) groups is 1. The normalized spacial score (nSPS) is 16.7. The van der Waals surface area contributed by atoms with Crippen molar-refractivity contribution in [1.82, 2.24) is 19.5 Å². The van der Waals surface area contributed by atoms with Crippen LogP contribution in [0, 0.1) is 5.92 Å². The zero-order valence-electron chi connectivity index (χ0n) is 16.4. The molecule has 1 amide bonds. The first-order valence-electron chi connectivity index (χ1n) is 9.92. The second-order valence-electron chi connectivity index (χ2n) is 7.57. The van der Waals surface area contributed by atoms with Gasteiger partial charge in [-0.3, -0.25) is 9.69 Å². The Morgan fingerprint density at radius 1 is 1.29 bits per heavy atom. The third-order valence-corrected chi connectivity index (χ3v) is 7.22. The fourth-order valence-electron chi connectivity index (χ4n) is 4.09. The molecule has 10 heteroatoms. The molecule has 1 atom stereocenters. The number of hydrogen-bond acceptors (Lipinski definition) is 7. The lowest BCUT2D eigenvalue weighted by Gasteiger charge is -2.36. The van der Waals surface area contributed by atoms with Gasteiger partial charge in [-0.1, -0.05) is 39.4 Å². The number of thiazole rings is 1. The number of amides is 1. The summed E-state index contributed by atoms with van der Waals surface area (Å²) >= 11 is 4.95. The van der Waals surface area contributed by atoms with E-state index in [9.17, 15) is 9.90 Å². The molecule has 31 heavy (non-hydrogen) atoms. The molecule has 1 saturated heterocycles. The molecule has 160 valence electrons. The van der Waals surface area contributed by atoms with Gasteiger partial charge in [0.05, 0.1) is 17.2 Å². The molecule has 0 unspecified atom stereocenters. The van der Waals surface area contributed by atoms with Crippen LogP contribution in [0.2, 0.25) is 0 Å². The minimum atomic E-state index is -0.245. The highest BCUT2D eigenvalue weighted by Crippen LogP contribution is 2.42. The number of furan rings is 1. The van der Waals surface area contributed by atoms with E-state index in [1.165, 1.54) is 15.9 Å². The molecule has 1 aromatic carbocycles. The molecule has 0 aliphatic carbocycles. The topological polar surface area (TPSA) is 110 Å². The number of aromatic hydroxyl groups is 1. The number of halogens is 1. The fourth-order valence-corrected chi connectivity index (χ4v) is 5.62. The number of rotatable bonds is 5. The molecule has 5 rings (SSSR count). The number of carbonyl (C=O) groups excluding carboxylic acids is 1. The van der Waals surface area contributed by atoms with Gasteiger partial charge >= 0.3 is 0 Å². The van der Waals surface area contributed by atoms with Gasteiger partial charge in [0.15, 0.2) is 5.76 Å². The highest BCUT2D eigenvalue weighted by atomic mass is 79.9. The second kappa shape index (κ2) is 8.10. The van der Waals surface area contributed by atoms with E-state index in [-0.39, 0.29) is 23.7 Å². The lowest BCUT2D eigenvalue weighted by molar-refractivity contribution is -0.123. The fraction of sp³-hybridized carbons (Fsp3) is 0.286. The Bertz CT molecular complexity index is 1230. The van der Waals surface area contributed by atoms with Crippen molar-refractivity contribution in [3.05, 3.63) is 57.6 Å². The minimum Gasteiger partial charge on any atom is -0.492 e. The summed E-state index contributed by atoms with van der Waals surface area (Å²) in [5.74, 6) is 0.692. The lowest BCUT2D eigenvalue weighted by atomic mass is 9.93. The molecule has 3 N–H and O–H groups in total. The summed E-state index contributed by atoms with van der Waals surface area (Å²) in [6, 6.07) is 11.4. The quantitative estimate of drug-likeness (QED) is 0.430. The van der Waals surface area contributed by atoms with Crippen molar-refractivity contribution in [1.29, 1.82) is 0 Å². The number of fused-ring (bicyclic) bond motifs is 1. The predicted octanol–water partition coefficient (Wildman–Crippen LogP) is 3.81. The van der Waals surface area contributed by atoms with Crippen LogP contribution in [-0.2, 0) is 4.79 Å². The summed E-state index contributed by atoms with van der Waals surface area (Å²) in [6.45, 7) is 1.41. The van der Waals surface area contributed by atoms with Crippen molar-refractivity contribution in [2.45, 2.75) is 18.9 Å². The maximum Gasteiger partial charge on any atom is 0.230 e. The summed E-state index contributed by atoms with van der Waals surface area (Å²) in [4.78, 5) is 19.8. The molecule has 0 bridgehead atoms. The maximum atomic E-state index is 11.6. The Labute approximate surface area is 190 Å². The van der Waals surface area contributed by atoms with Crippen LogP contribution >= 0.6 is 27.3 Å². The van der Waals surface area contributed by atoms with Crippen molar-refractivity contribution in [2.24, 2.45) is 11.7 Å². The molecule has 1 aliphatic rings. The van der Waals surface area contributed by atoms with Crippen molar-refractivity contribution < 1.29 is 14.3 Å². The molecular weight excluding hydrogens is 482 g/mol. The van der Waals surface area contributed by atoms with E-state index >= 15 is 0 Å². The molecule has 0 spiro atoms. The third kappa shape index (κ3) is 3.75. The molecule has 1 fully saturated rings. The highest BCUT2D eigenvalue weighted by Gasteiger charge is 2.33. The average Bonchev–Trinajstić information content (AvgIpc) is 3.48. The standard InChI is InChI=1S/C21H20BrN5O3S/c22-14-4-1-3-13(11-14)16(26-8-6-12(7-9-26)18(23)28)17-20(29)27-21(31-17)24-19(25-27)15-5-2-10-30-15/h1-5,10-12,16,29H,6-9H2,(H2,23,28)/t16-/m1/s1. The van der Waals surface area contributed by atoms with Crippen LogP contribution in [0.1, 0.15) is 29.3 Å². The summed E-state index contributed by atoms with van der Waals surface area (Å²) < 4.78 is 7.79. The van der Waals surface area contributed by atoms with Crippen LogP contribution in [-0.4, -0.2) is 43.6 Å². The Kier molecular flexibility index (Phi) is 5.28. The van der Waals surface area contributed by atoms with Crippen molar-refractivity contribution in [2.75, 3.05) is 13.1 Å². The molecule has 0 saturated carbocycles. The highest BCUT2D eigenvalue weighted by molar-refractivity contribution is 9.10. The smallest absolute Gasteiger partial charge is 0.230 e. The molecular formula is C21H20BrN5O3S. The van der Waals surface area contributed by atoms with E-state index in [1.54, 1.807) is 18.4 Å². The number of piperidine rings is 1. The van der Waals surface area contributed by atoms with Crippen molar-refractivity contribution in [3.63, 3.8) is 0 Å². The number of nitrogens with zero attached hydrogens (tertiary/aromatic N) is 4. The molecule has 4 heterocycles. The Hall–Kier alpha value is -2.69. The van der Waals surface area contributed by atoms with E-state index in [0.717, 1.165) is 14.9 Å². The zero-order valence-corrected chi connectivity index (χ0v) is 18.8. The summed E-state index contributed by atoms with van der Waals surface area (Å²) in [7, 11) is 0. The average molecular weight is 502 g/mol. The van der Waals surface area contributed by atoms with Crippen LogP contribution in [0.15, 0.2) is 51.6 Å². The molecule has 1 aliphatic heterocycles. The van der Waals surface area contributed by atoms with E-state index in [2.05, 4.69) is 37.0 Å². The minimum absolute atomic E-state index is 0.0623. The van der Waals surface area contributed by atoms with Crippen molar-refractivity contribution >= 4 is 38.1 Å². The Morgan fingerprint density at radius 3 is 2.74 bits per heavy atom. The number of primary amides is 1. The van der Waals surface area contributed by atoms with E-state index < -0.39 is 0 Å². The number of benzene rings is 1. The summed E-state index contributed by atoms with van der Waals surface area (Å²) in [6.07, 6.45) is 2.96. The van der Waals surface area contributed by atoms with Crippen LogP contribution in [0.3, 0.4) is 0 Å². The van der Waals surface area contributed by atoms with Crippen LogP contribution in [0.25, 0.3) is 16.5 Å². The van der Waals surface area contributed by atoms with Gasteiger partial charge in [-0.05, 0) is 55.8 Å². The van der Waals surface area contributed by atoms with Gasteiger partial charge in [-0.2, -0.15) is 9.50 Å². The molecule has 3 aromatic heterocycles. The first-order valence-corrected chi connectivity index (χ1v) is 11.5. The Morgan fingerprint density at radius 2 is 2.10 bits per heavy atom.